The molecule has 0 bridgehead atoms. The Kier molecular flexibility index (Phi) is 2.79. The van der Waals surface area contributed by atoms with Crippen molar-refractivity contribution in [2.24, 2.45) is 5.73 Å². The fourth-order valence-corrected chi connectivity index (χ4v) is 0.464. The molecule has 1 unspecified atom stereocenters. The first kappa shape index (κ1) is 8.87. The molecular weight excluding hydrogens is 137 g/mol. The van der Waals surface area contributed by atoms with Crippen LogP contribution in [-0.4, -0.2) is 18.0 Å². The summed E-state index contributed by atoms with van der Waals surface area (Å²) in [6, 6.07) is 0. The number of hydrogen-bond donors (Lipinski definition) is 3. The van der Waals surface area contributed by atoms with Gasteiger partial charge in [0.2, 0.25) is 12.2 Å². The van der Waals surface area contributed by atoms with Gasteiger partial charge in [-0.2, -0.15) is 0 Å². The van der Waals surface area contributed by atoms with Crippen molar-refractivity contribution >= 4 is 12.2 Å². The Morgan fingerprint density at radius 2 is 2.50 bits per heavy atom. The topological polar surface area (TPSA) is 79.0 Å². The van der Waals surface area contributed by atoms with Crippen LogP contribution in [0, 0.1) is 5.41 Å². The molecule has 0 aliphatic rings. The summed E-state index contributed by atoms with van der Waals surface area (Å²) < 4.78 is 13.0. The van der Waals surface area contributed by atoms with Crippen LogP contribution in [0.5, 0.6) is 0 Å². The van der Waals surface area contributed by atoms with E-state index in [0.29, 0.717) is 0 Å². The van der Waals surface area contributed by atoms with Crippen molar-refractivity contribution in [2.45, 2.75) is 19.1 Å². The minimum Gasteiger partial charge on any atom is -0.383 e. The van der Waals surface area contributed by atoms with Crippen LogP contribution < -0.4 is 11.1 Å². The van der Waals surface area contributed by atoms with E-state index in [-0.39, 0.29) is 12.8 Å². The highest BCUT2D eigenvalue weighted by atomic mass is 19.1. The minimum atomic E-state index is -2.16. The lowest BCUT2D eigenvalue weighted by Gasteiger charge is -2.20. The van der Waals surface area contributed by atoms with E-state index in [4.69, 9.17) is 11.1 Å². The van der Waals surface area contributed by atoms with Crippen LogP contribution in [0.1, 0.15) is 13.3 Å². The van der Waals surface area contributed by atoms with Gasteiger partial charge in [0, 0.05) is 6.42 Å². The van der Waals surface area contributed by atoms with E-state index in [1.807, 2.05) is 5.32 Å². The number of nitrogens with one attached hydrogen (secondary N) is 2. The highest BCUT2D eigenvalue weighted by Crippen LogP contribution is 2.09. The van der Waals surface area contributed by atoms with Gasteiger partial charge in [-0.15, -0.1) is 0 Å². The molecule has 0 rings (SSSR count). The SMILES string of the molecule is CCC(F)(NC=O)C(=N)N. The Labute approximate surface area is 58.1 Å². The number of amidine groups is 1. The predicted octanol–water partition coefficient (Wildman–Crippen LogP) is -0.256. The number of amides is 1. The molecule has 0 aromatic carbocycles. The Morgan fingerprint density at radius 1 is 2.00 bits per heavy atom. The summed E-state index contributed by atoms with van der Waals surface area (Å²) in [5, 5.41) is 8.54. The Bertz CT molecular complexity index is 150. The maximum Gasteiger partial charge on any atom is 0.239 e. The zero-order valence-corrected chi connectivity index (χ0v) is 5.65. The molecule has 10 heavy (non-hydrogen) atoms. The molecule has 0 spiro atoms. The zero-order valence-electron chi connectivity index (χ0n) is 5.65. The molecule has 4 N–H and O–H groups in total. The molecule has 0 aliphatic carbocycles. The maximum absolute atomic E-state index is 13.0. The third-order valence-electron chi connectivity index (χ3n) is 1.20. The molecule has 0 saturated heterocycles. The van der Waals surface area contributed by atoms with E-state index in [0.717, 1.165) is 0 Å². The fourth-order valence-electron chi connectivity index (χ4n) is 0.464. The zero-order chi connectivity index (χ0) is 8.20. The second kappa shape index (κ2) is 3.14. The van der Waals surface area contributed by atoms with Crippen LogP contribution in [0.4, 0.5) is 4.39 Å². The molecule has 0 heterocycles. The highest BCUT2D eigenvalue weighted by molar-refractivity contribution is 5.87. The van der Waals surface area contributed by atoms with E-state index < -0.39 is 11.6 Å². The third kappa shape index (κ3) is 1.68. The molecule has 0 aromatic heterocycles. The monoisotopic (exact) mass is 147 g/mol. The minimum absolute atomic E-state index is 0.0406. The van der Waals surface area contributed by atoms with Crippen LogP contribution >= 0.6 is 0 Å². The molecule has 58 valence electrons. The maximum atomic E-state index is 13.0. The third-order valence-corrected chi connectivity index (χ3v) is 1.20. The summed E-state index contributed by atoms with van der Waals surface area (Å²) in [6.07, 6.45) is 0.145. The van der Waals surface area contributed by atoms with Crippen molar-refractivity contribution in [3.05, 3.63) is 0 Å². The van der Waals surface area contributed by atoms with Gasteiger partial charge in [-0.1, -0.05) is 6.92 Å². The summed E-state index contributed by atoms with van der Waals surface area (Å²) in [6.45, 7) is 1.48. The summed E-state index contributed by atoms with van der Waals surface area (Å²) in [4.78, 5) is 9.78. The van der Waals surface area contributed by atoms with Gasteiger partial charge < -0.3 is 11.1 Å². The Balaban J connectivity index is 4.21. The second-order valence-electron chi connectivity index (χ2n) is 1.83. The lowest BCUT2D eigenvalue weighted by molar-refractivity contribution is -0.112. The van der Waals surface area contributed by atoms with Crippen LogP contribution in [0.3, 0.4) is 0 Å². The first-order valence-electron chi connectivity index (χ1n) is 2.81. The summed E-state index contributed by atoms with van der Waals surface area (Å²) in [7, 11) is 0. The van der Waals surface area contributed by atoms with Gasteiger partial charge >= 0.3 is 0 Å². The van der Waals surface area contributed by atoms with Gasteiger partial charge in [-0.25, -0.2) is 4.39 Å². The summed E-state index contributed by atoms with van der Waals surface area (Å²) >= 11 is 0. The number of rotatable bonds is 4. The van der Waals surface area contributed by atoms with Gasteiger partial charge in [0.15, 0.2) is 5.84 Å². The van der Waals surface area contributed by atoms with Crippen molar-refractivity contribution in [3.63, 3.8) is 0 Å². The molecule has 0 aliphatic heterocycles. The lowest BCUT2D eigenvalue weighted by atomic mass is 10.2. The molecular formula is C5H10FN3O. The molecule has 1 amide bonds. The molecule has 4 nitrogen and oxygen atoms in total. The fraction of sp³-hybridized carbons (Fsp3) is 0.600. The predicted molar refractivity (Wildman–Crippen MR) is 35.2 cm³/mol. The van der Waals surface area contributed by atoms with Crippen molar-refractivity contribution in [2.75, 3.05) is 0 Å². The Hall–Kier alpha value is -1.13. The summed E-state index contributed by atoms with van der Waals surface area (Å²) in [5.74, 6) is -2.84. The number of carbonyl (C=O) groups is 1. The van der Waals surface area contributed by atoms with E-state index in [9.17, 15) is 9.18 Å². The molecule has 0 radical (unpaired) electrons. The first-order chi connectivity index (χ1) is 4.56. The molecule has 0 aromatic rings. The number of alkyl halides is 1. The number of halogens is 1. The number of carbonyl (C=O) groups excluding carboxylic acids is 1. The van der Waals surface area contributed by atoms with Crippen molar-refractivity contribution in [1.82, 2.24) is 5.32 Å². The van der Waals surface area contributed by atoms with Gasteiger partial charge in [0.05, 0.1) is 0 Å². The van der Waals surface area contributed by atoms with E-state index in [1.54, 1.807) is 0 Å². The molecule has 0 saturated carbocycles. The molecule has 1 atom stereocenters. The first-order valence-corrected chi connectivity index (χ1v) is 2.81. The van der Waals surface area contributed by atoms with E-state index >= 15 is 0 Å². The van der Waals surface area contributed by atoms with Gasteiger partial charge in [0.1, 0.15) is 0 Å². The van der Waals surface area contributed by atoms with Crippen molar-refractivity contribution in [3.8, 4) is 0 Å². The molecule has 0 fully saturated rings. The van der Waals surface area contributed by atoms with Gasteiger partial charge in [0.25, 0.3) is 0 Å². The quantitative estimate of drug-likeness (QED) is 0.222. The normalized spacial score (nSPS) is 15.4. The van der Waals surface area contributed by atoms with Gasteiger partial charge in [-0.05, 0) is 0 Å². The van der Waals surface area contributed by atoms with Gasteiger partial charge in [-0.3, -0.25) is 10.2 Å². The summed E-state index contributed by atoms with van der Waals surface area (Å²) in [5.41, 5.74) is 4.85. The lowest BCUT2D eigenvalue weighted by Crippen LogP contribution is -2.50. The highest BCUT2D eigenvalue weighted by Gasteiger charge is 2.30. The van der Waals surface area contributed by atoms with Crippen LogP contribution in [-0.2, 0) is 4.79 Å². The van der Waals surface area contributed by atoms with Crippen LogP contribution in [0.2, 0.25) is 0 Å². The average Bonchev–Trinajstić information content (AvgIpc) is 1.88. The van der Waals surface area contributed by atoms with Crippen molar-refractivity contribution in [1.29, 1.82) is 5.41 Å². The van der Waals surface area contributed by atoms with Crippen LogP contribution in [0.25, 0.3) is 0 Å². The number of hydrogen-bond acceptors (Lipinski definition) is 2. The Morgan fingerprint density at radius 3 is 2.60 bits per heavy atom. The van der Waals surface area contributed by atoms with E-state index in [1.165, 1.54) is 6.92 Å². The standard InChI is InChI=1S/C5H10FN3O/c1-2-5(6,4(7)8)9-3-10/h3H,2H2,1H3,(H3,7,8)(H,9,10). The largest absolute Gasteiger partial charge is 0.383 e. The molecule has 5 heteroatoms. The van der Waals surface area contributed by atoms with Crippen molar-refractivity contribution < 1.29 is 9.18 Å². The number of nitrogens with two attached hydrogens (primary N) is 1. The smallest absolute Gasteiger partial charge is 0.239 e. The van der Waals surface area contributed by atoms with Crippen LogP contribution in [0.15, 0.2) is 0 Å². The second-order valence-corrected chi connectivity index (χ2v) is 1.83. The average molecular weight is 147 g/mol. The van der Waals surface area contributed by atoms with E-state index in [2.05, 4.69) is 0 Å².